The van der Waals surface area contributed by atoms with Crippen LogP contribution in [-0.4, -0.2) is 34.5 Å². The molecule has 0 aromatic heterocycles. The van der Waals surface area contributed by atoms with E-state index in [-0.39, 0.29) is 35.9 Å². The third-order valence-corrected chi connectivity index (χ3v) is 4.63. The van der Waals surface area contributed by atoms with Gasteiger partial charge in [-0.15, -0.1) is 0 Å². The Morgan fingerprint density at radius 2 is 2.04 bits per heavy atom. The highest BCUT2D eigenvalue weighted by Crippen LogP contribution is 2.50. The fraction of sp³-hybridized carbons (Fsp3) is 0.529. The van der Waals surface area contributed by atoms with Crippen molar-refractivity contribution in [3.63, 3.8) is 0 Å². The number of amides is 1. The van der Waals surface area contributed by atoms with Crippen LogP contribution in [0.5, 0.6) is 0 Å². The van der Waals surface area contributed by atoms with Crippen molar-refractivity contribution in [3.05, 3.63) is 35.4 Å². The number of halogens is 2. The Morgan fingerprint density at radius 3 is 2.65 bits per heavy atom. The molecule has 3 atom stereocenters. The van der Waals surface area contributed by atoms with Crippen molar-refractivity contribution in [1.82, 2.24) is 4.90 Å². The Morgan fingerprint density at radius 1 is 1.35 bits per heavy atom. The van der Waals surface area contributed by atoms with Gasteiger partial charge >= 0.3 is 5.97 Å². The third-order valence-electron chi connectivity index (χ3n) is 4.63. The number of rotatable bonds is 6. The molecule has 23 heavy (non-hydrogen) atoms. The number of carbonyl (C=O) groups is 2. The van der Waals surface area contributed by atoms with Crippen LogP contribution in [-0.2, 0) is 9.59 Å². The molecule has 3 rings (SSSR count). The summed E-state index contributed by atoms with van der Waals surface area (Å²) in [6, 6.07) is 3.39. The molecule has 2 fully saturated rings. The summed E-state index contributed by atoms with van der Waals surface area (Å²) < 4.78 is 27.1. The van der Waals surface area contributed by atoms with Crippen molar-refractivity contribution >= 4 is 11.9 Å². The van der Waals surface area contributed by atoms with Gasteiger partial charge in [-0.2, -0.15) is 0 Å². The number of carbonyl (C=O) groups excluding carboxylic acids is 1. The molecule has 3 unspecified atom stereocenters. The summed E-state index contributed by atoms with van der Waals surface area (Å²) in [5, 5.41) is 9.04. The molecule has 0 spiro atoms. The number of hydrogen-bond acceptors (Lipinski definition) is 2. The minimum atomic E-state index is -0.938. The van der Waals surface area contributed by atoms with E-state index in [1.807, 2.05) is 0 Å². The van der Waals surface area contributed by atoms with E-state index < -0.39 is 23.5 Å². The van der Waals surface area contributed by atoms with Gasteiger partial charge in [0, 0.05) is 18.5 Å². The van der Waals surface area contributed by atoms with Gasteiger partial charge in [-0.25, -0.2) is 8.78 Å². The quantitative estimate of drug-likeness (QED) is 0.876. The maximum Gasteiger partial charge on any atom is 0.308 e. The summed E-state index contributed by atoms with van der Waals surface area (Å²) in [6.07, 6.45) is 2.25. The Balaban J connectivity index is 1.70. The van der Waals surface area contributed by atoms with E-state index in [4.69, 9.17) is 5.11 Å². The van der Waals surface area contributed by atoms with Crippen LogP contribution in [0.3, 0.4) is 0 Å². The second-order valence-electron chi connectivity index (χ2n) is 6.58. The van der Waals surface area contributed by atoms with Crippen LogP contribution < -0.4 is 0 Å². The number of hydrogen-bond donors (Lipinski definition) is 1. The smallest absolute Gasteiger partial charge is 0.308 e. The van der Waals surface area contributed by atoms with E-state index in [0.717, 1.165) is 31.0 Å². The summed E-state index contributed by atoms with van der Waals surface area (Å²) in [5.74, 6) is -3.39. The molecule has 0 radical (unpaired) electrons. The van der Waals surface area contributed by atoms with Gasteiger partial charge in [0.1, 0.15) is 11.6 Å². The average molecular weight is 323 g/mol. The van der Waals surface area contributed by atoms with Gasteiger partial charge in [0.25, 0.3) is 0 Å². The molecule has 1 aromatic carbocycles. The molecule has 0 aliphatic heterocycles. The lowest BCUT2D eigenvalue weighted by molar-refractivity contribution is -0.143. The van der Waals surface area contributed by atoms with Gasteiger partial charge < -0.3 is 10.0 Å². The summed E-state index contributed by atoms with van der Waals surface area (Å²) in [5.41, 5.74) is 0.241. The molecule has 1 aromatic rings. The first-order valence-corrected chi connectivity index (χ1v) is 7.86. The Hall–Kier alpha value is -1.98. The molecule has 0 heterocycles. The summed E-state index contributed by atoms with van der Waals surface area (Å²) in [6.45, 7) is 1.75. The maximum atomic E-state index is 13.8. The molecule has 4 nitrogen and oxygen atoms in total. The molecule has 0 saturated heterocycles. The normalized spacial score (nSPS) is 24.1. The first-order valence-electron chi connectivity index (χ1n) is 7.86. The van der Waals surface area contributed by atoms with Gasteiger partial charge in [-0.05, 0) is 48.9 Å². The van der Waals surface area contributed by atoms with E-state index >= 15 is 0 Å². The van der Waals surface area contributed by atoms with Crippen LogP contribution in [0.4, 0.5) is 8.78 Å². The van der Waals surface area contributed by atoms with E-state index in [0.29, 0.717) is 6.42 Å². The highest BCUT2D eigenvalue weighted by atomic mass is 19.1. The Bertz CT molecular complexity index is 645. The molecule has 2 saturated carbocycles. The van der Waals surface area contributed by atoms with Crippen LogP contribution >= 0.6 is 0 Å². The van der Waals surface area contributed by atoms with E-state index in [1.165, 1.54) is 0 Å². The Labute approximate surface area is 133 Å². The summed E-state index contributed by atoms with van der Waals surface area (Å²) >= 11 is 0. The first-order chi connectivity index (χ1) is 10.9. The minimum Gasteiger partial charge on any atom is -0.481 e. The monoisotopic (exact) mass is 323 g/mol. The fourth-order valence-electron chi connectivity index (χ4n) is 3.00. The Kier molecular flexibility index (Phi) is 4.08. The third kappa shape index (κ3) is 3.35. The van der Waals surface area contributed by atoms with Gasteiger partial charge in [-0.1, -0.05) is 6.92 Å². The van der Waals surface area contributed by atoms with E-state index in [9.17, 15) is 18.4 Å². The lowest BCUT2D eigenvalue weighted by Crippen LogP contribution is -2.39. The predicted octanol–water partition coefficient (Wildman–Crippen LogP) is 2.78. The minimum absolute atomic E-state index is 0.0999. The predicted molar refractivity (Wildman–Crippen MR) is 78.7 cm³/mol. The number of carboxylic acid groups (broad SMARTS) is 1. The average Bonchev–Trinajstić information content (AvgIpc) is 3.38. The molecule has 124 valence electrons. The second-order valence-corrected chi connectivity index (χ2v) is 6.58. The number of nitrogens with zero attached hydrogens (tertiary/aromatic N) is 1. The van der Waals surface area contributed by atoms with Gasteiger partial charge in [0.15, 0.2) is 0 Å². The second kappa shape index (κ2) is 5.91. The van der Waals surface area contributed by atoms with Crippen LogP contribution in [0.15, 0.2) is 18.2 Å². The zero-order valence-corrected chi connectivity index (χ0v) is 12.8. The number of benzene rings is 1. The molecule has 1 N–H and O–H groups in total. The summed E-state index contributed by atoms with van der Waals surface area (Å²) in [7, 11) is 0. The van der Waals surface area contributed by atoms with Crippen molar-refractivity contribution in [2.24, 2.45) is 11.8 Å². The highest BCUT2D eigenvalue weighted by molar-refractivity contribution is 5.84. The molecule has 2 aliphatic carbocycles. The van der Waals surface area contributed by atoms with Gasteiger partial charge in [0.05, 0.1) is 5.92 Å². The largest absolute Gasteiger partial charge is 0.481 e. The zero-order chi connectivity index (χ0) is 16.7. The van der Waals surface area contributed by atoms with Crippen molar-refractivity contribution in [2.45, 2.75) is 38.1 Å². The van der Waals surface area contributed by atoms with Crippen LogP contribution in [0, 0.1) is 23.5 Å². The molecular weight excluding hydrogens is 304 g/mol. The van der Waals surface area contributed by atoms with Crippen molar-refractivity contribution in [1.29, 1.82) is 0 Å². The van der Waals surface area contributed by atoms with Crippen LogP contribution in [0.2, 0.25) is 0 Å². The van der Waals surface area contributed by atoms with E-state index in [2.05, 4.69) is 0 Å². The fourth-order valence-corrected chi connectivity index (χ4v) is 3.00. The SMILES string of the molecule is CC(CN(C(=O)C1CC1c1cc(F)ccc1F)C1CC1)C(=O)O. The highest BCUT2D eigenvalue weighted by Gasteiger charge is 2.49. The first kappa shape index (κ1) is 15.9. The maximum absolute atomic E-state index is 13.8. The molecule has 6 heteroatoms. The van der Waals surface area contributed by atoms with Gasteiger partial charge in [0.2, 0.25) is 5.91 Å². The van der Waals surface area contributed by atoms with Crippen molar-refractivity contribution < 1.29 is 23.5 Å². The van der Waals surface area contributed by atoms with Crippen LogP contribution in [0.25, 0.3) is 0 Å². The number of carboxylic acids is 1. The van der Waals surface area contributed by atoms with Gasteiger partial charge in [-0.3, -0.25) is 9.59 Å². The standard InChI is InChI=1S/C17H19F2NO3/c1-9(17(22)23)8-20(11-3-4-11)16(21)14-7-12(14)13-6-10(18)2-5-15(13)19/h2,5-6,9,11-12,14H,3-4,7-8H2,1H3,(H,22,23). The van der Waals surface area contributed by atoms with Crippen LogP contribution in [0.1, 0.15) is 37.7 Å². The molecule has 2 aliphatic rings. The zero-order valence-electron chi connectivity index (χ0n) is 12.8. The lowest BCUT2D eigenvalue weighted by Gasteiger charge is -2.24. The summed E-state index contributed by atoms with van der Waals surface area (Å²) in [4.78, 5) is 25.3. The molecule has 0 bridgehead atoms. The molecule has 1 amide bonds. The van der Waals surface area contributed by atoms with E-state index in [1.54, 1.807) is 11.8 Å². The lowest BCUT2D eigenvalue weighted by atomic mass is 10.1. The van der Waals surface area contributed by atoms with Crippen molar-refractivity contribution in [3.8, 4) is 0 Å². The number of aliphatic carboxylic acids is 1. The topological polar surface area (TPSA) is 57.6 Å². The molecular formula is C17H19F2NO3. The van der Waals surface area contributed by atoms with Crippen molar-refractivity contribution in [2.75, 3.05) is 6.54 Å².